The number of rotatable bonds is 7. The van der Waals surface area contributed by atoms with E-state index in [9.17, 15) is 19.1 Å². The molecule has 3 heterocycles. The van der Waals surface area contributed by atoms with E-state index in [4.69, 9.17) is 11.6 Å². The molecule has 10 nitrogen and oxygen atoms in total. The van der Waals surface area contributed by atoms with Gasteiger partial charge in [-0.25, -0.2) is 9.37 Å². The maximum atomic E-state index is 14.3. The van der Waals surface area contributed by atoms with Crippen LogP contribution in [-0.4, -0.2) is 35.5 Å². The Labute approximate surface area is 204 Å². The summed E-state index contributed by atoms with van der Waals surface area (Å²) in [6.07, 6.45) is 5.89. The van der Waals surface area contributed by atoms with Crippen molar-refractivity contribution < 1.29 is 18.8 Å². The first-order valence-corrected chi connectivity index (χ1v) is 11.1. The van der Waals surface area contributed by atoms with Crippen molar-refractivity contribution in [3.8, 4) is 5.75 Å². The Morgan fingerprint density at radius 1 is 1.34 bits per heavy atom. The predicted octanol–water partition coefficient (Wildman–Crippen LogP) is 3.67. The summed E-state index contributed by atoms with van der Waals surface area (Å²) in [5.41, 5.74) is 0.121. The van der Waals surface area contributed by atoms with Crippen LogP contribution >= 0.6 is 11.6 Å². The second kappa shape index (κ2) is 9.71. The molecule has 2 N–H and O–H groups in total. The predicted molar refractivity (Wildman–Crippen MR) is 125 cm³/mol. The number of aromatic hydroxyl groups is 1. The molecular formula is C23H22ClFN6O4. The number of benzene rings is 1. The van der Waals surface area contributed by atoms with Crippen LogP contribution in [0, 0.1) is 5.82 Å². The smallest absolute Gasteiger partial charge is 0.296 e. The molecule has 0 saturated heterocycles. The molecule has 0 aliphatic carbocycles. The highest BCUT2D eigenvalue weighted by molar-refractivity contribution is 6.31. The van der Waals surface area contributed by atoms with Crippen LogP contribution < -0.4 is 10.9 Å². The number of hydrogen-bond acceptors (Lipinski definition) is 7. The number of carbonyl (C=O) groups excluding carboxylic acids is 1. The minimum atomic E-state index is -0.823. The highest BCUT2D eigenvalue weighted by atomic mass is 35.5. The van der Waals surface area contributed by atoms with Gasteiger partial charge in [-0.3, -0.25) is 18.8 Å². The van der Waals surface area contributed by atoms with Crippen molar-refractivity contribution in [1.29, 1.82) is 0 Å². The highest BCUT2D eigenvalue weighted by Gasteiger charge is 2.31. The molecule has 0 spiro atoms. The maximum absolute atomic E-state index is 14.3. The van der Waals surface area contributed by atoms with Crippen LogP contribution in [0.25, 0.3) is 0 Å². The lowest BCUT2D eigenvalue weighted by Crippen LogP contribution is -2.29. The molecule has 0 bridgehead atoms. The summed E-state index contributed by atoms with van der Waals surface area (Å²) in [4.78, 5) is 30.0. The van der Waals surface area contributed by atoms with Gasteiger partial charge in [-0.2, -0.15) is 5.10 Å². The first kappa shape index (κ1) is 24.1. The number of nitrogens with zero attached hydrogens (tertiary/aromatic N) is 5. The fraction of sp³-hybridized carbons (Fsp3) is 0.261. The van der Waals surface area contributed by atoms with Crippen LogP contribution in [0.1, 0.15) is 53.1 Å². The minimum absolute atomic E-state index is 0.179. The third-order valence-electron chi connectivity index (χ3n) is 5.74. The average Bonchev–Trinajstić information content (AvgIpc) is 3.52. The van der Waals surface area contributed by atoms with Gasteiger partial charge in [0.25, 0.3) is 11.5 Å². The van der Waals surface area contributed by atoms with E-state index >= 15 is 0 Å². The van der Waals surface area contributed by atoms with Crippen molar-refractivity contribution >= 4 is 23.2 Å². The van der Waals surface area contributed by atoms with Gasteiger partial charge in [0.2, 0.25) is 5.75 Å². The molecule has 3 aromatic heterocycles. The van der Waals surface area contributed by atoms with Crippen molar-refractivity contribution in [2.75, 3.05) is 5.32 Å². The molecule has 0 radical (unpaired) electrons. The Kier molecular flexibility index (Phi) is 6.70. The van der Waals surface area contributed by atoms with E-state index in [-0.39, 0.29) is 11.5 Å². The van der Waals surface area contributed by atoms with Gasteiger partial charge in [0, 0.05) is 36.6 Å². The normalized spacial score (nSPS) is 12.9. The number of aromatic nitrogens is 5. The Hall–Kier alpha value is -3.99. The molecule has 1 aromatic carbocycles. The lowest BCUT2D eigenvalue weighted by molar-refractivity contribution is 0.101. The molecule has 0 aliphatic rings. The number of nitrogens with one attached hydrogen (secondary N) is 1. The number of anilines is 1. The standard InChI is InChI=1S/C23H22ClFN6O4/c1-4-31-10-13(8-26-31)18(16-7-14(25)5-6-17(16)24)12(2)21-29-19(20(32)23(34)30(21)3)22(33)28-15-9-27-35-11-15/h5-12,18,32H,4H2,1-3H3,(H,28,33). The van der Waals surface area contributed by atoms with E-state index in [0.717, 1.165) is 4.57 Å². The summed E-state index contributed by atoms with van der Waals surface area (Å²) >= 11 is 6.47. The van der Waals surface area contributed by atoms with Gasteiger partial charge in [-0.15, -0.1) is 0 Å². The van der Waals surface area contributed by atoms with Crippen LogP contribution in [0.15, 0.2) is 52.4 Å². The molecule has 182 valence electrons. The summed E-state index contributed by atoms with van der Waals surface area (Å²) in [5, 5.41) is 21.0. The number of aryl methyl sites for hydroxylation is 1. The van der Waals surface area contributed by atoms with Crippen LogP contribution in [0.3, 0.4) is 0 Å². The van der Waals surface area contributed by atoms with Crippen molar-refractivity contribution in [2.24, 2.45) is 7.05 Å². The molecule has 0 saturated carbocycles. The van der Waals surface area contributed by atoms with Gasteiger partial charge in [-0.05, 0) is 36.2 Å². The zero-order valence-electron chi connectivity index (χ0n) is 19.1. The summed E-state index contributed by atoms with van der Waals surface area (Å²) in [6.45, 7) is 4.31. The van der Waals surface area contributed by atoms with Crippen LogP contribution in [0.4, 0.5) is 10.1 Å². The summed E-state index contributed by atoms with van der Waals surface area (Å²) in [5.74, 6) is -3.10. The quantitative estimate of drug-likeness (QED) is 0.396. The molecule has 12 heteroatoms. The molecule has 2 atom stereocenters. The van der Waals surface area contributed by atoms with E-state index in [2.05, 4.69) is 25.1 Å². The third kappa shape index (κ3) is 4.67. The average molecular weight is 501 g/mol. The van der Waals surface area contributed by atoms with E-state index < -0.39 is 40.6 Å². The maximum Gasteiger partial charge on any atom is 0.296 e. The Balaban J connectivity index is 1.85. The Morgan fingerprint density at radius 3 is 2.77 bits per heavy atom. The minimum Gasteiger partial charge on any atom is -0.501 e. The van der Waals surface area contributed by atoms with Gasteiger partial charge < -0.3 is 14.9 Å². The van der Waals surface area contributed by atoms with Gasteiger partial charge in [0.15, 0.2) is 5.69 Å². The Bertz CT molecular complexity index is 1430. The lowest BCUT2D eigenvalue weighted by atomic mass is 9.82. The van der Waals surface area contributed by atoms with E-state index in [1.54, 1.807) is 24.0 Å². The van der Waals surface area contributed by atoms with Crippen molar-refractivity contribution in [3.63, 3.8) is 0 Å². The summed E-state index contributed by atoms with van der Waals surface area (Å²) in [6, 6.07) is 4.03. The first-order chi connectivity index (χ1) is 16.7. The number of hydrogen-bond donors (Lipinski definition) is 2. The first-order valence-electron chi connectivity index (χ1n) is 10.7. The third-order valence-corrected chi connectivity index (χ3v) is 6.09. The van der Waals surface area contributed by atoms with E-state index in [1.807, 2.05) is 6.92 Å². The molecule has 4 aromatic rings. The summed E-state index contributed by atoms with van der Waals surface area (Å²) < 4.78 is 21.8. The molecule has 1 amide bonds. The van der Waals surface area contributed by atoms with Gasteiger partial charge in [-0.1, -0.05) is 23.7 Å². The molecule has 2 unspecified atom stereocenters. The largest absolute Gasteiger partial charge is 0.501 e. The number of carbonyl (C=O) groups is 1. The zero-order chi connectivity index (χ0) is 25.3. The lowest BCUT2D eigenvalue weighted by Gasteiger charge is -2.26. The molecule has 0 fully saturated rings. The van der Waals surface area contributed by atoms with Crippen molar-refractivity contribution in [2.45, 2.75) is 32.2 Å². The van der Waals surface area contributed by atoms with Gasteiger partial charge >= 0.3 is 0 Å². The topological polar surface area (TPSA) is 128 Å². The molecular weight excluding hydrogens is 479 g/mol. The van der Waals surface area contributed by atoms with Gasteiger partial charge in [0.1, 0.15) is 23.6 Å². The highest BCUT2D eigenvalue weighted by Crippen LogP contribution is 2.40. The van der Waals surface area contributed by atoms with Gasteiger partial charge in [0.05, 0.1) is 12.4 Å². The van der Waals surface area contributed by atoms with Crippen LogP contribution in [0.5, 0.6) is 5.75 Å². The monoisotopic (exact) mass is 500 g/mol. The second-order valence-electron chi connectivity index (χ2n) is 7.96. The molecule has 4 rings (SSSR count). The fourth-order valence-electron chi connectivity index (χ4n) is 3.98. The van der Waals surface area contributed by atoms with E-state index in [0.29, 0.717) is 22.7 Å². The summed E-state index contributed by atoms with van der Waals surface area (Å²) in [7, 11) is 1.43. The SMILES string of the molecule is CCn1cc(C(c2cc(F)ccc2Cl)C(C)c2nc(C(=O)Nc3cnoc3)c(O)c(=O)n2C)cn1. The number of amides is 1. The van der Waals surface area contributed by atoms with Crippen LogP contribution in [0.2, 0.25) is 5.02 Å². The van der Waals surface area contributed by atoms with E-state index in [1.165, 1.54) is 37.7 Å². The van der Waals surface area contributed by atoms with Crippen molar-refractivity contribution in [1.82, 2.24) is 24.5 Å². The Morgan fingerprint density at radius 2 is 2.11 bits per heavy atom. The number of halogens is 2. The van der Waals surface area contributed by atoms with Crippen LogP contribution in [-0.2, 0) is 13.6 Å². The zero-order valence-corrected chi connectivity index (χ0v) is 19.8. The molecule has 0 aliphatic heterocycles. The van der Waals surface area contributed by atoms with Crippen molar-refractivity contribution in [3.05, 3.63) is 86.9 Å². The second-order valence-corrected chi connectivity index (χ2v) is 8.37. The molecule has 35 heavy (non-hydrogen) atoms. The fourth-order valence-corrected chi connectivity index (χ4v) is 4.22.